The van der Waals surface area contributed by atoms with Gasteiger partial charge in [-0.15, -0.1) is 0 Å². The molecule has 2 aliphatic heterocycles. The first-order valence-corrected chi connectivity index (χ1v) is 15.8. The molecule has 16 heteroatoms. The monoisotopic (exact) mass is 692 g/mol. The third-order valence-corrected chi connectivity index (χ3v) is 8.78. The number of carbonyl (C=O) groups excluding carboxylic acids is 2. The number of aliphatic hydroxyl groups excluding tert-OH is 1. The molecule has 0 spiro atoms. The van der Waals surface area contributed by atoms with Crippen LogP contribution in [-0.4, -0.2) is 105 Å². The number of nitrogens with zero attached hydrogens (tertiary/aromatic N) is 6. The number of nitriles is 1. The molecule has 4 heterocycles. The van der Waals surface area contributed by atoms with Crippen LogP contribution in [0.4, 0.5) is 15.9 Å². The Hall–Kier alpha value is -5.30. The van der Waals surface area contributed by atoms with Crippen LogP contribution in [-0.2, 0) is 9.59 Å². The molecule has 14 nitrogen and oxygen atoms in total. The first-order chi connectivity index (χ1) is 23.7. The minimum Gasteiger partial charge on any atom is -0.483 e. The summed E-state index contributed by atoms with van der Waals surface area (Å²) >= 11 is 6.34. The number of carbonyl (C=O) groups is 3. The number of rotatable bonds is 7. The number of benzene rings is 2. The van der Waals surface area contributed by atoms with Crippen molar-refractivity contribution in [3.8, 4) is 23.1 Å². The highest BCUT2D eigenvalue weighted by atomic mass is 35.5. The number of halogens is 2. The summed E-state index contributed by atoms with van der Waals surface area (Å²) in [5.41, 5.74) is 3.41. The molecule has 2 amide bonds. The van der Waals surface area contributed by atoms with Crippen molar-refractivity contribution < 1.29 is 33.7 Å². The van der Waals surface area contributed by atoms with E-state index in [1.165, 1.54) is 6.07 Å². The minimum absolute atomic E-state index is 0.0456. The van der Waals surface area contributed by atoms with Crippen LogP contribution in [0.1, 0.15) is 22.3 Å². The molecule has 0 bridgehead atoms. The van der Waals surface area contributed by atoms with Crippen molar-refractivity contribution in [2.75, 3.05) is 51.2 Å². The molecule has 2 aromatic heterocycles. The predicted molar refractivity (Wildman–Crippen MR) is 177 cm³/mol. The van der Waals surface area contributed by atoms with E-state index >= 15 is 0 Å². The standard InChI is InChI=1S/C32H32ClFN8O4.CH2O2/c1-19-16-20(2-3-21(19)31(44)40-11-13-41(14-12-40)32(45)23-6-8-36-18-25(23)43)39-29-30-38-17-24(42(30)10-9-37-29)22-4-5-26(46-15-7-35)28(34)27(22)33;2-1-3/h2-5,9-10,16-17,23,25,36,43H,6,8,11-15,18H2,1H3,(H,37,39);1H,(H,2,3)/t23-,25+;/m0./s1. The fourth-order valence-electron chi connectivity index (χ4n) is 5.94. The van der Waals surface area contributed by atoms with Gasteiger partial charge in [0.05, 0.1) is 28.9 Å². The number of fused-ring (bicyclic) bond motifs is 1. The van der Waals surface area contributed by atoms with Crippen molar-refractivity contribution in [3.63, 3.8) is 0 Å². The quantitative estimate of drug-likeness (QED) is 0.209. The van der Waals surface area contributed by atoms with Gasteiger partial charge in [-0.3, -0.25) is 18.8 Å². The number of carboxylic acid groups (broad SMARTS) is 1. The SMILES string of the molecule is Cc1cc(Nc2nccn3c(-c4ccc(OCC#N)c(F)c4Cl)cnc23)ccc1C(=O)N1CCN(C(=O)[C@H]2CCNC[C@H]2O)CC1.O=CO. The Morgan fingerprint density at radius 1 is 1.20 bits per heavy atom. The summed E-state index contributed by atoms with van der Waals surface area (Å²) in [5.74, 6) is -0.995. The number of hydrogen-bond acceptors (Lipinski definition) is 10. The Bertz CT molecular complexity index is 1890. The zero-order valence-corrected chi connectivity index (χ0v) is 27.2. The molecule has 2 saturated heterocycles. The lowest BCUT2D eigenvalue weighted by molar-refractivity contribution is -0.142. The van der Waals surface area contributed by atoms with Crippen LogP contribution in [0, 0.1) is 30.0 Å². The van der Waals surface area contributed by atoms with E-state index < -0.39 is 17.8 Å². The Kier molecular flexibility index (Phi) is 11.2. The number of imidazole rings is 1. The van der Waals surface area contributed by atoms with Gasteiger partial charge < -0.3 is 35.4 Å². The summed E-state index contributed by atoms with van der Waals surface area (Å²) in [7, 11) is 0. The zero-order valence-electron chi connectivity index (χ0n) is 26.5. The van der Waals surface area contributed by atoms with E-state index in [1.54, 1.807) is 57.1 Å². The fourth-order valence-corrected chi connectivity index (χ4v) is 6.19. The molecular weight excluding hydrogens is 659 g/mol. The van der Waals surface area contributed by atoms with Gasteiger partial charge in [0.2, 0.25) is 5.91 Å². The lowest BCUT2D eigenvalue weighted by atomic mass is 9.93. The smallest absolute Gasteiger partial charge is 0.290 e. The molecular formula is C33H34ClFN8O6. The number of amides is 2. The molecule has 0 saturated carbocycles. The second-order valence-corrected chi connectivity index (χ2v) is 11.7. The lowest BCUT2D eigenvalue weighted by Gasteiger charge is -2.38. The van der Waals surface area contributed by atoms with Gasteiger partial charge >= 0.3 is 0 Å². The number of hydrogen-bond donors (Lipinski definition) is 4. The summed E-state index contributed by atoms with van der Waals surface area (Å²) < 4.78 is 21.7. The zero-order chi connectivity index (χ0) is 35.1. The average Bonchev–Trinajstić information content (AvgIpc) is 3.54. The van der Waals surface area contributed by atoms with Gasteiger partial charge in [-0.1, -0.05) is 11.6 Å². The van der Waals surface area contributed by atoms with Crippen molar-refractivity contribution >= 4 is 47.0 Å². The highest BCUT2D eigenvalue weighted by Gasteiger charge is 2.34. The van der Waals surface area contributed by atoms with Crippen LogP contribution in [0.5, 0.6) is 5.75 Å². The number of aromatic nitrogens is 3. The van der Waals surface area contributed by atoms with E-state index in [0.717, 1.165) is 5.56 Å². The molecule has 2 fully saturated rings. The normalized spacial score (nSPS) is 17.4. The van der Waals surface area contributed by atoms with E-state index in [0.29, 0.717) is 79.7 Å². The number of β-amino-alcohol motifs (C(OH)–C–C–N with tert-alkyl or cyclic N) is 1. The van der Waals surface area contributed by atoms with Gasteiger partial charge in [0.1, 0.15) is 6.07 Å². The molecule has 4 N–H and O–H groups in total. The summed E-state index contributed by atoms with van der Waals surface area (Å²) in [5, 5.41) is 32.1. The fraction of sp³-hybridized carbons (Fsp3) is 0.333. The third kappa shape index (κ3) is 7.56. The molecule has 6 rings (SSSR count). The minimum atomic E-state index is -0.769. The Labute approximate surface area is 285 Å². The van der Waals surface area contributed by atoms with Crippen LogP contribution in [0.2, 0.25) is 5.02 Å². The Balaban J connectivity index is 0.00000151. The summed E-state index contributed by atoms with van der Waals surface area (Å²) in [6, 6.07) is 10.2. The molecule has 0 aliphatic carbocycles. The van der Waals surface area contributed by atoms with Crippen molar-refractivity contribution in [1.82, 2.24) is 29.5 Å². The van der Waals surface area contributed by atoms with Gasteiger partial charge in [0.15, 0.2) is 29.6 Å². The van der Waals surface area contributed by atoms with Gasteiger partial charge in [-0.2, -0.15) is 5.26 Å². The predicted octanol–water partition coefficient (Wildman–Crippen LogP) is 3.10. The van der Waals surface area contributed by atoms with Gasteiger partial charge in [-0.05, 0) is 55.8 Å². The first-order valence-electron chi connectivity index (χ1n) is 15.4. The summed E-state index contributed by atoms with van der Waals surface area (Å²) in [4.78, 5) is 47.2. The van der Waals surface area contributed by atoms with Crippen LogP contribution < -0.4 is 15.4 Å². The lowest BCUT2D eigenvalue weighted by Crippen LogP contribution is -2.55. The number of anilines is 2. The maximum Gasteiger partial charge on any atom is 0.290 e. The van der Waals surface area contributed by atoms with Crippen molar-refractivity contribution in [2.45, 2.75) is 19.4 Å². The van der Waals surface area contributed by atoms with Crippen LogP contribution >= 0.6 is 11.6 Å². The van der Waals surface area contributed by atoms with Gasteiger partial charge in [0.25, 0.3) is 12.4 Å². The number of ether oxygens (including phenoxy) is 1. The average molecular weight is 693 g/mol. The molecule has 0 unspecified atom stereocenters. The molecule has 4 aromatic rings. The Morgan fingerprint density at radius 3 is 2.63 bits per heavy atom. The second kappa shape index (κ2) is 15.7. The van der Waals surface area contributed by atoms with Gasteiger partial charge in [0, 0.05) is 61.9 Å². The van der Waals surface area contributed by atoms with Crippen molar-refractivity contribution in [2.24, 2.45) is 5.92 Å². The van der Waals surface area contributed by atoms with Crippen LogP contribution in [0.3, 0.4) is 0 Å². The van der Waals surface area contributed by atoms with Crippen molar-refractivity contribution in [1.29, 1.82) is 5.26 Å². The van der Waals surface area contributed by atoms with E-state index in [1.807, 2.05) is 13.0 Å². The maximum atomic E-state index is 14.8. The molecule has 49 heavy (non-hydrogen) atoms. The highest BCUT2D eigenvalue weighted by molar-refractivity contribution is 6.33. The molecule has 256 valence electrons. The van der Waals surface area contributed by atoms with E-state index in [-0.39, 0.29) is 35.7 Å². The first kappa shape index (κ1) is 35.0. The molecule has 2 atom stereocenters. The largest absolute Gasteiger partial charge is 0.483 e. The van der Waals surface area contributed by atoms with E-state index in [9.17, 15) is 19.1 Å². The summed E-state index contributed by atoms with van der Waals surface area (Å²) in [6.45, 7) is 4.13. The number of aliphatic hydroxyl groups is 1. The van der Waals surface area contributed by atoms with Gasteiger partial charge in [-0.25, -0.2) is 14.4 Å². The second-order valence-electron chi connectivity index (χ2n) is 11.3. The highest BCUT2D eigenvalue weighted by Crippen LogP contribution is 2.36. The molecule has 2 aliphatic rings. The number of nitrogens with one attached hydrogen (secondary N) is 2. The van der Waals surface area contributed by atoms with Crippen LogP contribution in [0.25, 0.3) is 16.9 Å². The van der Waals surface area contributed by atoms with Crippen LogP contribution in [0.15, 0.2) is 48.9 Å². The number of piperidine rings is 1. The summed E-state index contributed by atoms with van der Waals surface area (Å²) in [6.07, 6.45) is 4.74. The molecule has 0 radical (unpaired) electrons. The molecule has 2 aromatic carbocycles. The van der Waals surface area contributed by atoms with Crippen molar-refractivity contribution in [3.05, 3.63) is 70.9 Å². The maximum absolute atomic E-state index is 14.8. The number of piperazine rings is 1. The van der Waals surface area contributed by atoms with E-state index in [2.05, 4.69) is 20.6 Å². The topological polar surface area (TPSA) is 185 Å². The third-order valence-electron chi connectivity index (χ3n) is 8.41. The Morgan fingerprint density at radius 2 is 1.94 bits per heavy atom. The van der Waals surface area contributed by atoms with E-state index in [4.69, 9.17) is 31.5 Å². The number of aryl methyl sites for hydroxylation is 1.